The van der Waals surface area contributed by atoms with Crippen molar-refractivity contribution in [2.24, 2.45) is 5.92 Å². The minimum Gasteiger partial charge on any atom is -0.479 e. The van der Waals surface area contributed by atoms with E-state index in [0.717, 1.165) is 27.9 Å². The van der Waals surface area contributed by atoms with Crippen molar-refractivity contribution in [3.05, 3.63) is 70.8 Å². The zero-order valence-electron chi connectivity index (χ0n) is 14.5. The molecule has 3 nitrogen and oxygen atoms in total. The highest BCUT2D eigenvalue weighted by molar-refractivity contribution is 5.86. The lowest BCUT2D eigenvalue weighted by atomic mass is 9.94. The summed E-state index contributed by atoms with van der Waals surface area (Å²) >= 11 is 0. The van der Waals surface area contributed by atoms with Crippen LogP contribution in [0.1, 0.15) is 35.1 Å². The maximum atomic E-state index is 12.2. The van der Waals surface area contributed by atoms with Crippen molar-refractivity contribution in [2.75, 3.05) is 5.32 Å². The van der Waals surface area contributed by atoms with Gasteiger partial charge < -0.3 is 10.4 Å². The second-order valence-corrected chi connectivity index (χ2v) is 7.37. The molecule has 1 fully saturated rings. The predicted molar refractivity (Wildman–Crippen MR) is 101 cm³/mol. The van der Waals surface area contributed by atoms with Crippen LogP contribution in [0.4, 0.5) is 5.69 Å². The molecule has 0 saturated heterocycles. The highest BCUT2D eigenvalue weighted by atomic mass is 16.4. The molecular weight excluding hydrogens is 310 g/mol. The van der Waals surface area contributed by atoms with Crippen LogP contribution in [-0.4, -0.2) is 16.6 Å². The van der Waals surface area contributed by atoms with E-state index >= 15 is 0 Å². The Morgan fingerprint density at radius 2 is 1.80 bits per heavy atom. The van der Waals surface area contributed by atoms with Gasteiger partial charge in [0.15, 0.2) is 0 Å². The monoisotopic (exact) mass is 333 g/mol. The number of benzene rings is 2. The van der Waals surface area contributed by atoms with Crippen LogP contribution in [0.25, 0.3) is 6.08 Å². The van der Waals surface area contributed by atoms with Crippen molar-refractivity contribution in [3.8, 4) is 0 Å². The summed E-state index contributed by atoms with van der Waals surface area (Å²) < 4.78 is 0. The molecule has 0 aliphatic heterocycles. The summed E-state index contributed by atoms with van der Waals surface area (Å²) in [6.07, 6.45) is 7.97. The first kappa shape index (κ1) is 15.9. The second-order valence-electron chi connectivity index (χ2n) is 7.37. The topological polar surface area (TPSA) is 49.3 Å². The maximum absolute atomic E-state index is 12.2. The highest BCUT2D eigenvalue weighted by Gasteiger charge is 2.44. The number of nitrogens with one attached hydrogen (secondary N) is 1. The van der Waals surface area contributed by atoms with Gasteiger partial charge in [0, 0.05) is 24.1 Å². The van der Waals surface area contributed by atoms with E-state index < -0.39 is 11.5 Å². The lowest BCUT2D eigenvalue weighted by Gasteiger charge is -2.28. The number of hydrogen-bond donors (Lipinski definition) is 2. The van der Waals surface area contributed by atoms with E-state index in [9.17, 15) is 9.90 Å². The first-order valence-corrected chi connectivity index (χ1v) is 8.94. The Balaban J connectivity index is 1.68. The Morgan fingerprint density at radius 3 is 2.40 bits per heavy atom. The molecule has 128 valence electrons. The van der Waals surface area contributed by atoms with Gasteiger partial charge in [0.2, 0.25) is 0 Å². The molecule has 2 aromatic rings. The Labute approximate surface area is 148 Å². The van der Waals surface area contributed by atoms with Crippen LogP contribution in [0.15, 0.2) is 48.5 Å². The highest BCUT2D eigenvalue weighted by Crippen LogP contribution is 2.36. The molecule has 2 aliphatic rings. The van der Waals surface area contributed by atoms with E-state index in [1.54, 1.807) is 0 Å². The molecule has 0 spiro atoms. The van der Waals surface area contributed by atoms with Crippen LogP contribution in [0, 0.1) is 12.8 Å². The third-order valence-electron chi connectivity index (χ3n) is 5.37. The van der Waals surface area contributed by atoms with Gasteiger partial charge in [-0.25, -0.2) is 4.79 Å². The summed E-state index contributed by atoms with van der Waals surface area (Å²) in [5.41, 5.74) is 4.45. The van der Waals surface area contributed by atoms with Gasteiger partial charge in [-0.05, 0) is 48.4 Å². The largest absolute Gasteiger partial charge is 0.479 e. The molecule has 1 saturated carbocycles. The van der Waals surface area contributed by atoms with Crippen LogP contribution >= 0.6 is 0 Å². The van der Waals surface area contributed by atoms with Gasteiger partial charge in [-0.15, -0.1) is 0 Å². The second kappa shape index (κ2) is 6.07. The summed E-state index contributed by atoms with van der Waals surface area (Å²) in [5.74, 6) is -0.0982. The first-order chi connectivity index (χ1) is 12.1. The number of rotatable bonds is 5. The molecule has 2 aliphatic carbocycles. The van der Waals surface area contributed by atoms with Crippen molar-refractivity contribution >= 4 is 17.7 Å². The number of anilines is 1. The molecule has 3 heteroatoms. The number of carboxylic acid groups (broad SMARTS) is 1. The number of aryl methyl sites for hydroxylation is 1. The van der Waals surface area contributed by atoms with Crippen LogP contribution in [0.5, 0.6) is 0 Å². The summed E-state index contributed by atoms with van der Waals surface area (Å²) in [7, 11) is 0. The fourth-order valence-electron chi connectivity index (χ4n) is 3.70. The molecule has 0 amide bonds. The Kier molecular flexibility index (Phi) is 3.87. The van der Waals surface area contributed by atoms with Crippen molar-refractivity contribution in [2.45, 2.75) is 38.1 Å². The summed E-state index contributed by atoms with van der Waals surface area (Å²) in [6, 6.07) is 14.1. The standard InChI is InChI=1S/C22H23NO2/c1-15-5-4-8-20(19(15)12-11-16-9-10-16)23-22(21(24)25)13-17-6-2-3-7-18(17)14-22/h2-8,11-12,16,23H,9-10,13-14H2,1H3,(H,24,25). The number of fused-ring (bicyclic) bond motifs is 1. The Hall–Kier alpha value is -2.55. The number of allylic oxidation sites excluding steroid dienone is 1. The third kappa shape index (κ3) is 3.07. The van der Waals surface area contributed by atoms with E-state index in [-0.39, 0.29) is 0 Å². The van der Waals surface area contributed by atoms with Crippen LogP contribution < -0.4 is 5.32 Å². The van der Waals surface area contributed by atoms with Gasteiger partial charge >= 0.3 is 5.97 Å². The first-order valence-electron chi connectivity index (χ1n) is 8.94. The molecule has 0 unspecified atom stereocenters. The van der Waals surface area contributed by atoms with E-state index in [0.29, 0.717) is 18.8 Å². The van der Waals surface area contributed by atoms with Gasteiger partial charge in [0.1, 0.15) is 5.54 Å². The van der Waals surface area contributed by atoms with E-state index in [2.05, 4.69) is 30.5 Å². The van der Waals surface area contributed by atoms with E-state index in [1.807, 2.05) is 36.4 Å². The molecular formula is C22H23NO2. The number of aliphatic carboxylic acids is 1. The minimum atomic E-state index is -0.973. The van der Waals surface area contributed by atoms with Gasteiger partial charge in [-0.3, -0.25) is 0 Å². The summed E-state index contributed by atoms with van der Waals surface area (Å²) in [5, 5.41) is 13.4. The normalized spacial score (nSPS) is 18.3. The van der Waals surface area contributed by atoms with Crippen LogP contribution in [-0.2, 0) is 17.6 Å². The summed E-state index contributed by atoms with van der Waals surface area (Å²) in [6.45, 7) is 2.08. The zero-order chi connectivity index (χ0) is 17.4. The lowest BCUT2D eigenvalue weighted by molar-refractivity contribution is -0.142. The zero-order valence-corrected chi connectivity index (χ0v) is 14.5. The molecule has 2 N–H and O–H groups in total. The van der Waals surface area contributed by atoms with Crippen molar-refractivity contribution in [1.29, 1.82) is 0 Å². The quantitative estimate of drug-likeness (QED) is 0.850. The van der Waals surface area contributed by atoms with Crippen molar-refractivity contribution in [3.63, 3.8) is 0 Å². The fraction of sp³-hybridized carbons (Fsp3) is 0.318. The number of carbonyl (C=O) groups is 1. The van der Waals surface area contributed by atoms with Gasteiger partial charge in [-0.1, -0.05) is 48.6 Å². The van der Waals surface area contributed by atoms with Crippen molar-refractivity contribution < 1.29 is 9.90 Å². The number of carboxylic acids is 1. The maximum Gasteiger partial charge on any atom is 0.330 e. The third-order valence-corrected chi connectivity index (χ3v) is 5.37. The molecule has 2 aromatic carbocycles. The van der Waals surface area contributed by atoms with Crippen molar-refractivity contribution in [1.82, 2.24) is 0 Å². The van der Waals surface area contributed by atoms with Crippen LogP contribution in [0.3, 0.4) is 0 Å². The average molecular weight is 333 g/mol. The summed E-state index contributed by atoms with van der Waals surface area (Å²) in [4.78, 5) is 12.2. The molecule has 0 aromatic heterocycles. The minimum absolute atomic E-state index is 0.512. The molecule has 0 heterocycles. The van der Waals surface area contributed by atoms with E-state index in [4.69, 9.17) is 0 Å². The fourth-order valence-corrected chi connectivity index (χ4v) is 3.70. The molecule has 25 heavy (non-hydrogen) atoms. The smallest absolute Gasteiger partial charge is 0.330 e. The van der Waals surface area contributed by atoms with Crippen LogP contribution in [0.2, 0.25) is 0 Å². The average Bonchev–Trinajstić information content (AvgIpc) is 3.33. The lowest BCUT2D eigenvalue weighted by Crippen LogP contribution is -2.47. The molecule has 0 atom stereocenters. The van der Waals surface area contributed by atoms with Gasteiger partial charge in [0.05, 0.1) is 0 Å². The SMILES string of the molecule is Cc1cccc(NC2(C(=O)O)Cc3ccccc3C2)c1C=CC1CC1. The van der Waals surface area contributed by atoms with Gasteiger partial charge in [-0.2, -0.15) is 0 Å². The number of hydrogen-bond acceptors (Lipinski definition) is 2. The van der Waals surface area contributed by atoms with Gasteiger partial charge in [0.25, 0.3) is 0 Å². The Bertz CT molecular complexity index is 824. The molecule has 0 radical (unpaired) electrons. The Morgan fingerprint density at radius 1 is 1.12 bits per heavy atom. The predicted octanol–water partition coefficient (Wildman–Crippen LogP) is 4.45. The molecule has 4 rings (SSSR count). The van der Waals surface area contributed by atoms with E-state index in [1.165, 1.54) is 12.8 Å². The molecule has 0 bridgehead atoms.